The highest BCUT2D eigenvalue weighted by Crippen LogP contribution is 2.38. The van der Waals surface area contributed by atoms with Gasteiger partial charge in [0.25, 0.3) is 5.69 Å². The largest absolute Gasteiger partial charge is 0.345 e. The molecule has 7 rings (SSSR count). The first-order chi connectivity index (χ1) is 22.5. The zero-order chi connectivity index (χ0) is 31.5. The first kappa shape index (κ1) is 28.6. The van der Waals surface area contributed by atoms with Gasteiger partial charge in [0, 0.05) is 47.6 Å². The number of nitro groups is 1. The first-order valence-electron chi connectivity index (χ1n) is 15.2. The monoisotopic (exact) mass is 597 g/mol. The molecule has 0 N–H and O–H groups in total. The lowest BCUT2D eigenvalue weighted by atomic mass is 10.0. The summed E-state index contributed by atoms with van der Waals surface area (Å²) >= 11 is 0. The van der Waals surface area contributed by atoms with E-state index in [-0.39, 0.29) is 10.6 Å². The number of benzene rings is 7. The molecule has 0 saturated heterocycles. The van der Waals surface area contributed by atoms with Crippen molar-refractivity contribution in [1.29, 1.82) is 0 Å². The molecule has 7 aromatic rings. The molecule has 0 saturated carbocycles. The molecule has 46 heavy (non-hydrogen) atoms. The number of hydrogen-bond donors (Lipinski definition) is 0. The maximum Gasteiger partial charge on any atom is 0.269 e. The van der Waals surface area contributed by atoms with Gasteiger partial charge in [0.05, 0.1) is 4.92 Å². The lowest BCUT2D eigenvalue weighted by Gasteiger charge is -2.26. The van der Waals surface area contributed by atoms with Crippen LogP contribution in [0.4, 0.5) is 34.1 Å². The summed E-state index contributed by atoms with van der Waals surface area (Å²) in [4.78, 5) is 15.0. The zero-order valence-electron chi connectivity index (χ0n) is 25.3. The first-order valence-corrected chi connectivity index (χ1v) is 15.2. The van der Waals surface area contributed by atoms with E-state index in [2.05, 4.69) is 144 Å². The molecule has 0 atom stereocenters. The molecule has 7 aromatic carbocycles. The van der Waals surface area contributed by atoms with Crippen molar-refractivity contribution in [2.75, 3.05) is 16.8 Å². The highest BCUT2D eigenvalue weighted by molar-refractivity contribution is 5.89. The maximum atomic E-state index is 11.0. The van der Waals surface area contributed by atoms with Crippen LogP contribution in [0.2, 0.25) is 0 Å². The van der Waals surface area contributed by atoms with Crippen LogP contribution in [0.25, 0.3) is 33.0 Å². The Morgan fingerprint density at radius 2 is 0.848 bits per heavy atom. The highest BCUT2D eigenvalue weighted by Gasteiger charge is 2.14. The normalized spacial score (nSPS) is 10.9. The predicted molar refractivity (Wildman–Crippen MR) is 191 cm³/mol. The molecule has 0 heterocycles. The SMILES string of the molecule is CN(c1ccc(-c2ccc(N(c3ccc(-c4ccccc4)cc3)c3ccc4ccccc4c3)cc2)cc1)c1ccc([N+](=O)[O-])cc1. The third-order valence-electron chi connectivity index (χ3n) is 8.39. The fourth-order valence-corrected chi connectivity index (χ4v) is 5.82. The number of non-ortho nitro benzene ring substituents is 1. The summed E-state index contributed by atoms with van der Waals surface area (Å²) in [7, 11) is 1.96. The Labute approximate surface area is 268 Å². The van der Waals surface area contributed by atoms with Gasteiger partial charge in [0.1, 0.15) is 0 Å². The van der Waals surface area contributed by atoms with Gasteiger partial charge in [0.15, 0.2) is 0 Å². The molecule has 0 amide bonds. The standard InChI is InChI=1S/C41H31N3O2/c1-42(37-25-27-40(28-26-37)44(45)46)36-18-11-33(12-19-36)34-15-22-39(23-16-34)43(41-24-17-31-9-5-6-10-35(31)29-41)38-20-13-32(14-21-38)30-7-3-2-4-8-30/h2-29H,1H3. The van der Waals surface area contributed by atoms with Crippen molar-refractivity contribution in [1.82, 2.24) is 0 Å². The smallest absolute Gasteiger partial charge is 0.269 e. The average molecular weight is 598 g/mol. The number of rotatable bonds is 8. The van der Waals surface area contributed by atoms with Gasteiger partial charge < -0.3 is 9.80 Å². The summed E-state index contributed by atoms with van der Waals surface area (Å²) in [5, 5.41) is 13.4. The van der Waals surface area contributed by atoms with Crippen molar-refractivity contribution in [2.24, 2.45) is 0 Å². The minimum absolute atomic E-state index is 0.0827. The topological polar surface area (TPSA) is 49.6 Å². The van der Waals surface area contributed by atoms with Crippen LogP contribution in [-0.4, -0.2) is 12.0 Å². The molecule has 0 aromatic heterocycles. The molecule has 0 aliphatic heterocycles. The zero-order valence-corrected chi connectivity index (χ0v) is 25.3. The van der Waals surface area contributed by atoms with Crippen LogP contribution in [0.1, 0.15) is 0 Å². The molecule has 0 aliphatic rings. The molecular weight excluding hydrogens is 566 g/mol. The number of hydrogen-bond acceptors (Lipinski definition) is 4. The van der Waals surface area contributed by atoms with Gasteiger partial charge in [-0.2, -0.15) is 0 Å². The van der Waals surface area contributed by atoms with Crippen molar-refractivity contribution in [3.63, 3.8) is 0 Å². The van der Waals surface area contributed by atoms with Gasteiger partial charge in [-0.3, -0.25) is 10.1 Å². The Morgan fingerprint density at radius 1 is 0.435 bits per heavy atom. The minimum atomic E-state index is -0.382. The molecule has 5 heteroatoms. The summed E-state index contributed by atoms with van der Waals surface area (Å²) in [5.74, 6) is 0. The predicted octanol–water partition coefficient (Wildman–Crippen LogP) is 11.3. The Kier molecular flexibility index (Phi) is 7.71. The van der Waals surface area contributed by atoms with Crippen molar-refractivity contribution in [3.05, 3.63) is 180 Å². The van der Waals surface area contributed by atoms with E-state index in [1.165, 1.54) is 34.0 Å². The van der Waals surface area contributed by atoms with Gasteiger partial charge >= 0.3 is 0 Å². The van der Waals surface area contributed by atoms with Crippen LogP contribution in [-0.2, 0) is 0 Å². The van der Waals surface area contributed by atoms with Crippen LogP contribution >= 0.6 is 0 Å². The molecule has 0 spiro atoms. The summed E-state index contributed by atoms with van der Waals surface area (Å²) in [6.45, 7) is 0. The number of fused-ring (bicyclic) bond motifs is 1. The lowest BCUT2D eigenvalue weighted by Crippen LogP contribution is -2.10. The van der Waals surface area contributed by atoms with Gasteiger partial charge in [-0.1, -0.05) is 97.1 Å². The highest BCUT2D eigenvalue weighted by atomic mass is 16.6. The average Bonchev–Trinajstić information content (AvgIpc) is 3.12. The van der Waals surface area contributed by atoms with Crippen LogP contribution in [0.15, 0.2) is 170 Å². The van der Waals surface area contributed by atoms with E-state index in [0.29, 0.717) is 0 Å². The Hall–Kier alpha value is -6.20. The molecule has 0 aliphatic carbocycles. The Bertz CT molecular complexity index is 2110. The van der Waals surface area contributed by atoms with E-state index >= 15 is 0 Å². The second-order valence-corrected chi connectivity index (χ2v) is 11.2. The molecule has 0 fully saturated rings. The second kappa shape index (κ2) is 12.4. The quantitative estimate of drug-likeness (QED) is 0.129. The van der Waals surface area contributed by atoms with Crippen LogP contribution in [0.3, 0.4) is 0 Å². The van der Waals surface area contributed by atoms with Gasteiger partial charge in [-0.15, -0.1) is 0 Å². The Morgan fingerprint density at radius 3 is 1.37 bits per heavy atom. The van der Waals surface area contributed by atoms with Crippen molar-refractivity contribution < 1.29 is 4.92 Å². The van der Waals surface area contributed by atoms with E-state index < -0.39 is 0 Å². The van der Waals surface area contributed by atoms with E-state index in [4.69, 9.17) is 0 Å². The Balaban J connectivity index is 1.18. The number of nitro benzene ring substituents is 1. The third kappa shape index (κ3) is 5.82. The summed E-state index contributed by atoms with van der Waals surface area (Å²) < 4.78 is 0. The van der Waals surface area contributed by atoms with E-state index in [1.54, 1.807) is 12.1 Å². The van der Waals surface area contributed by atoms with E-state index in [9.17, 15) is 10.1 Å². The number of nitrogens with zero attached hydrogens (tertiary/aromatic N) is 3. The molecule has 0 radical (unpaired) electrons. The summed E-state index contributed by atoms with van der Waals surface area (Å²) in [6.07, 6.45) is 0. The van der Waals surface area contributed by atoms with E-state index in [1.807, 2.05) is 18.0 Å². The van der Waals surface area contributed by atoms with Gasteiger partial charge in [-0.25, -0.2) is 0 Å². The van der Waals surface area contributed by atoms with Crippen LogP contribution < -0.4 is 9.80 Å². The summed E-state index contributed by atoms with van der Waals surface area (Å²) in [6, 6.07) is 57.8. The maximum absolute atomic E-state index is 11.0. The molecule has 0 unspecified atom stereocenters. The molecule has 5 nitrogen and oxygen atoms in total. The van der Waals surface area contributed by atoms with E-state index in [0.717, 1.165) is 39.6 Å². The fourth-order valence-electron chi connectivity index (χ4n) is 5.82. The van der Waals surface area contributed by atoms with Gasteiger partial charge in [0.2, 0.25) is 0 Å². The summed E-state index contributed by atoms with van der Waals surface area (Å²) in [5.41, 5.74) is 9.81. The number of anilines is 5. The van der Waals surface area contributed by atoms with Crippen LogP contribution in [0, 0.1) is 10.1 Å². The molecular formula is C41H31N3O2. The van der Waals surface area contributed by atoms with Gasteiger partial charge in [-0.05, 0) is 93.7 Å². The van der Waals surface area contributed by atoms with Crippen LogP contribution in [0.5, 0.6) is 0 Å². The van der Waals surface area contributed by atoms with Crippen molar-refractivity contribution in [2.45, 2.75) is 0 Å². The minimum Gasteiger partial charge on any atom is -0.345 e. The fraction of sp³-hybridized carbons (Fsp3) is 0.0244. The van der Waals surface area contributed by atoms with Crippen molar-refractivity contribution in [3.8, 4) is 22.3 Å². The van der Waals surface area contributed by atoms with Crippen molar-refractivity contribution >= 4 is 44.9 Å². The second-order valence-electron chi connectivity index (χ2n) is 11.2. The molecule has 0 bridgehead atoms. The molecule has 222 valence electrons. The third-order valence-corrected chi connectivity index (χ3v) is 8.39. The lowest BCUT2D eigenvalue weighted by molar-refractivity contribution is -0.384.